The SMILES string of the molecule is CCCCC[C@H](c1ccccc1)[S@@](=O)c1ccccn1. The Kier molecular flexibility index (Phi) is 5.93. The van der Waals surface area contributed by atoms with E-state index >= 15 is 0 Å². The highest BCUT2D eigenvalue weighted by Gasteiger charge is 2.20. The largest absolute Gasteiger partial charge is 0.252 e. The van der Waals surface area contributed by atoms with Crippen LogP contribution in [0.2, 0.25) is 0 Å². The van der Waals surface area contributed by atoms with Crippen molar-refractivity contribution < 1.29 is 4.21 Å². The molecule has 0 fully saturated rings. The number of rotatable bonds is 7. The van der Waals surface area contributed by atoms with Crippen LogP contribution in [-0.4, -0.2) is 9.19 Å². The fraction of sp³-hybridized carbons (Fsp3) is 0.353. The normalized spacial score (nSPS) is 13.8. The summed E-state index contributed by atoms with van der Waals surface area (Å²) in [5.74, 6) is 0. The molecule has 0 aliphatic heterocycles. The molecule has 0 saturated carbocycles. The van der Waals surface area contributed by atoms with Crippen LogP contribution in [0.5, 0.6) is 0 Å². The summed E-state index contributed by atoms with van der Waals surface area (Å²) in [5, 5.41) is 0.718. The van der Waals surface area contributed by atoms with Crippen molar-refractivity contribution in [3.63, 3.8) is 0 Å². The van der Waals surface area contributed by atoms with E-state index in [1.165, 1.54) is 12.8 Å². The standard InChI is InChI=1S/C17H21NOS/c1-2-3-5-12-16(15-10-6-4-7-11-15)20(19)17-13-8-9-14-18-17/h4,6-11,13-14,16H,2-3,5,12H2,1H3/t16-,20-/m1/s1. The number of hydrogen-bond acceptors (Lipinski definition) is 2. The molecule has 0 aliphatic carbocycles. The number of unbranched alkanes of at least 4 members (excludes halogenated alkanes) is 2. The summed E-state index contributed by atoms with van der Waals surface area (Å²) < 4.78 is 12.8. The van der Waals surface area contributed by atoms with E-state index in [9.17, 15) is 4.21 Å². The number of benzene rings is 1. The minimum Gasteiger partial charge on any atom is -0.252 e. The van der Waals surface area contributed by atoms with Gasteiger partial charge in [-0.15, -0.1) is 0 Å². The first-order chi connectivity index (χ1) is 9.83. The van der Waals surface area contributed by atoms with Crippen molar-refractivity contribution in [1.82, 2.24) is 4.98 Å². The molecule has 1 heterocycles. The van der Waals surface area contributed by atoms with Crippen LogP contribution in [0.1, 0.15) is 43.4 Å². The van der Waals surface area contributed by atoms with Crippen LogP contribution < -0.4 is 0 Å². The van der Waals surface area contributed by atoms with Gasteiger partial charge in [0.05, 0.1) is 16.0 Å². The lowest BCUT2D eigenvalue weighted by Gasteiger charge is -2.16. The van der Waals surface area contributed by atoms with Crippen LogP contribution >= 0.6 is 0 Å². The van der Waals surface area contributed by atoms with E-state index in [2.05, 4.69) is 24.0 Å². The molecule has 2 nitrogen and oxygen atoms in total. The fourth-order valence-corrected chi connectivity index (χ4v) is 3.71. The van der Waals surface area contributed by atoms with E-state index < -0.39 is 10.8 Å². The van der Waals surface area contributed by atoms with Gasteiger partial charge in [-0.3, -0.25) is 4.21 Å². The Hall–Kier alpha value is -1.48. The predicted molar refractivity (Wildman–Crippen MR) is 84.0 cm³/mol. The summed E-state index contributed by atoms with van der Waals surface area (Å²) in [5.41, 5.74) is 1.15. The molecule has 2 atom stereocenters. The molecule has 3 heteroatoms. The van der Waals surface area contributed by atoms with Crippen molar-refractivity contribution in [2.45, 2.75) is 42.9 Å². The average Bonchev–Trinajstić information content (AvgIpc) is 2.53. The molecule has 1 aromatic carbocycles. The molecule has 0 bridgehead atoms. The molecule has 2 aromatic rings. The van der Waals surface area contributed by atoms with Gasteiger partial charge in [0.1, 0.15) is 5.03 Å². The Morgan fingerprint density at radius 1 is 1.05 bits per heavy atom. The summed E-state index contributed by atoms with van der Waals surface area (Å²) in [6, 6.07) is 15.8. The lowest BCUT2D eigenvalue weighted by atomic mass is 10.1. The van der Waals surface area contributed by atoms with E-state index in [-0.39, 0.29) is 5.25 Å². The van der Waals surface area contributed by atoms with Gasteiger partial charge in [-0.1, -0.05) is 62.6 Å². The quantitative estimate of drug-likeness (QED) is 0.701. The van der Waals surface area contributed by atoms with Crippen LogP contribution in [0, 0.1) is 0 Å². The zero-order chi connectivity index (χ0) is 14.2. The average molecular weight is 287 g/mol. The maximum Gasteiger partial charge on any atom is 0.127 e. The van der Waals surface area contributed by atoms with Crippen LogP contribution in [0.25, 0.3) is 0 Å². The summed E-state index contributed by atoms with van der Waals surface area (Å²) in [6.07, 6.45) is 6.12. The van der Waals surface area contributed by atoms with Gasteiger partial charge in [-0.25, -0.2) is 4.98 Å². The van der Waals surface area contributed by atoms with Gasteiger partial charge >= 0.3 is 0 Å². The van der Waals surface area contributed by atoms with Crippen molar-refractivity contribution in [3.05, 3.63) is 60.3 Å². The lowest BCUT2D eigenvalue weighted by molar-refractivity contribution is 0.627. The highest BCUT2D eigenvalue weighted by molar-refractivity contribution is 7.85. The van der Waals surface area contributed by atoms with Crippen molar-refractivity contribution >= 4 is 10.8 Å². The summed E-state index contributed by atoms with van der Waals surface area (Å²) in [7, 11) is -1.09. The van der Waals surface area contributed by atoms with E-state index in [0.29, 0.717) is 5.03 Å². The monoisotopic (exact) mass is 287 g/mol. The topological polar surface area (TPSA) is 30.0 Å². The van der Waals surface area contributed by atoms with E-state index in [0.717, 1.165) is 18.4 Å². The van der Waals surface area contributed by atoms with Crippen molar-refractivity contribution in [2.24, 2.45) is 0 Å². The smallest absolute Gasteiger partial charge is 0.127 e. The maximum absolute atomic E-state index is 12.8. The Balaban J connectivity index is 2.20. The second-order valence-corrected chi connectivity index (χ2v) is 6.44. The highest BCUT2D eigenvalue weighted by atomic mass is 32.2. The van der Waals surface area contributed by atoms with Crippen LogP contribution in [0.4, 0.5) is 0 Å². The van der Waals surface area contributed by atoms with E-state index in [4.69, 9.17) is 0 Å². The first-order valence-electron chi connectivity index (χ1n) is 7.19. The summed E-state index contributed by atoms with van der Waals surface area (Å²) in [6.45, 7) is 2.19. The van der Waals surface area contributed by atoms with Crippen molar-refractivity contribution in [1.29, 1.82) is 0 Å². The van der Waals surface area contributed by atoms with Gasteiger partial charge in [-0.05, 0) is 24.1 Å². The first-order valence-corrected chi connectivity index (χ1v) is 8.40. The summed E-state index contributed by atoms with van der Waals surface area (Å²) in [4.78, 5) is 4.25. The minimum absolute atomic E-state index is 0.0395. The van der Waals surface area contributed by atoms with Gasteiger partial charge < -0.3 is 0 Å². The maximum atomic E-state index is 12.8. The molecular formula is C17H21NOS. The third-order valence-electron chi connectivity index (χ3n) is 3.34. The zero-order valence-electron chi connectivity index (χ0n) is 11.9. The van der Waals surface area contributed by atoms with Gasteiger partial charge in [0, 0.05) is 6.20 Å². The molecule has 1 aromatic heterocycles. The molecular weight excluding hydrogens is 266 g/mol. The number of nitrogens with zero attached hydrogens (tertiary/aromatic N) is 1. The molecule has 0 N–H and O–H groups in total. The fourth-order valence-electron chi connectivity index (χ4n) is 2.26. The van der Waals surface area contributed by atoms with Crippen LogP contribution in [0.3, 0.4) is 0 Å². The second kappa shape index (κ2) is 7.95. The molecule has 20 heavy (non-hydrogen) atoms. The van der Waals surface area contributed by atoms with Gasteiger partial charge in [0.2, 0.25) is 0 Å². The minimum atomic E-state index is -1.09. The molecule has 2 rings (SSSR count). The Bertz CT molecular complexity index is 527. The van der Waals surface area contributed by atoms with Crippen molar-refractivity contribution in [2.75, 3.05) is 0 Å². The van der Waals surface area contributed by atoms with E-state index in [1.54, 1.807) is 6.20 Å². The Labute approximate surface area is 123 Å². The van der Waals surface area contributed by atoms with Gasteiger partial charge in [0.15, 0.2) is 0 Å². The molecule has 0 unspecified atom stereocenters. The zero-order valence-corrected chi connectivity index (χ0v) is 12.7. The third-order valence-corrected chi connectivity index (χ3v) is 5.02. The molecule has 0 aliphatic rings. The number of hydrogen-bond donors (Lipinski definition) is 0. The third kappa shape index (κ3) is 4.01. The van der Waals surface area contributed by atoms with Gasteiger partial charge in [0.25, 0.3) is 0 Å². The van der Waals surface area contributed by atoms with Crippen molar-refractivity contribution in [3.8, 4) is 0 Å². The molecule has 0 amide bonds. The van der Waals surface area contributed by atoms with Gasteiger partial charge in [-0.2, -0.15) is 0 Å². The molecule has 0 radical (unpaired) electrons. The number of pyridine rings is 1. The Morgan fingerprint density at radius 3 is 2.45 bits per heavy atom. The predicted octanol–water partition coefficient (Wildman–Crippen LogP) is 4.51. The number of aromatic nitrogens is 1. The van der Waals surface area contributed by atoms with Crippen LogP contribution in [0.15, 0.2) is 59.8 Å². The molecule has 0 spiro atoms. The van der Waals surface area contributed by atoms with Crippen LogP contribution in [-0.2, 0) is 10.8 Å². The Morgan fingerprint density at radius 2 is 1.80 bits per heavy atom. The lowest BCUT2D eigenvalue weighted by Crippen LogP contribution is -2.08. The molecule has 106 valence electrons. The highest BCUT2D eigenvalue weighted by Crippen LogP contribution is 2.29. The first kappa shape index (κ1) is 14.9. The van der Waals surface area contributed by atoms with E-state index in [1.807, 2.05) is 36.4 Å². The molecule has 0 saturated heterocycles. The second-order valence-electron chi connectivity index (χ2n) is 4.86. The summed E-state index contributed by atoms with van der Waals surface area (Å²) >= 11 is 0.